The molecule has 1 nitrogen and oxygen atoms in total. The Morgan fingerprint density at radius 1 is 1.00 bits per heavy atom. The van der Waals surface area contributed by atoms with Gasteiger partial charge in [-0.15, -0.1) is 0 Å². The van der Waals surface area contributed by atoms with Gasteiger partial charge in [0.05, 0.1) is 21.4 Å². The zero-order valence-electron chi connectivity index (χ0n) is 9.20. The molecule has 0 heterocycles. The number of hydrogen-bond acceptors (Lipinski definition) is 1. The summed E-state index contributed by atoms with van der Waals surface area (Å²) in [6.07, 6.45) is 0. The lowest BCUT2D eigenvalue weighted by molar-refractivity contribution is 0.593. The van der Waals surface area contributed by atoms with Crippen molar-refractivity contribution in [3.05, 3.63) is 64.7 Å². The summed E-state index contributed by atoms with van der Waals surface area (Å²) in [4.78, 5) is 0.0526. The Hall–Kier alpha value is -1.26. The van der Waals surface area contributed by atoms with Crippen molar-refractivity contribution in [3.8, 4) is 0 Å². The van der Waals surface area contributed by atoms with E-state index >= 15 is 0 Å². The second-order valence-electron chi connectivity index (χ2n) is 3.62. The summed E-state index contributed by atoms with van der Waals surface area (Å²) >= 11 is 5.83. The molecule has 0 N–H and O–H groups in total. The molecule has 0 spiro atoms. The van der Waals surface area contributed by atoms with Gasteiger partial charge in [-0.1, -0.05) is 29.8 Å². The fourth-order valence-corrected chi connectivity index (χ4v) is 3.04. The van der Waals surface area contributed by atoms with E-state index in [9.17, 15) is 13.0 Å². The predicted molar refractivity (Wildman–Crippen MR) is 67.9 cm³/mol. The molecule has 0 fully saturated rings. The normalized spacial score (nSPS) is 12.4. The van der Waals surface area contributed by atoms with E-state index in [0.29, 0.717) is 0 Å². The molecule has 1 unspecified atom stereocenters. The lowest BCUT2D eigenvalue weighted by atomic mass is 10.2. The van der Waals surface area contributed by atoms with Crippen LogP contribution < -0.4 is 0 Å². The van der Waals surface area contributed by atoms with E-state index in [1.807, 2.05) is 0 Å². The predicted octanol–water partition coefficient (Wildman–Crippen LogP) is 3.93. The van der Waals surface area contributed by atoms with Gasteiger partial charge >= 0.3 is 0 Å². The van der Waals surface area contributed by atoms with Crippen LogP contribution in [0.3, 0.4) is 0 Å². The van der Waals surface area contributed by atoms with E-state index in [2.05, 4.69) is 0 Å². The van der Waals surface area contributed by atoms with Gasteiger partial charge in [0.15, 0.2) is 0 Å². The molecule has 0 aliphatic carbocycles. The fourth-order valence-electron chi connectivity index (χ4n) is 1.51. The maximum atomic E-state index is 13.5. The smallest absolute Gasteiger partial charge is 0.139 e. The first-order valence-electron chi connectivity index (χ1n) is 5.15. The minimum atomic E-state index is -1.67. The first kappa shape index (κ1) is 13.2. The molecule has 0 saturated carbocycles. The Labute approximate surface area is 111 Å². The maximum absolute atomic E-state index is 13.5. The van der Waals surface area contributed by atoms with Crippen molar-refractivity contribution in [3.63, 3.8) is 0 Å². The second-order valence-corrected chi connectivity index (χ2v) is 5.45. The molecule has 18 heavy (non-hydrogen) atoms. The van der Waals surface area contributed by atoms with Crippen LogP contribution in [0.1, 0.15) is 5.56 Å². The summed E-state index contributed by atoms with van der Waals surface area (Å²) in [6.45, 7) is 0. The molecule has 5 heteroatoms. The van der Waals surface area contributed by atoms with Crippen LogP contribution in [-0.2, 0) is 16.6 Å². The average molecular weight is 287 g/mol. The van der Waals surface area contributed by atoms with Crippen LogP contribution in [0, 0.1) is 11.6 Å². The molecular weight excluding hydrogens is 278 g/mol. The third-order valence-corrected chi connectivity index (χ3v) is 4.15. The van der Waals surface area contributed by atoms with E-state index in [0.717, 1.165) is 0 Å². The maximum Gasteiger partial charge on any atom is 0.139 e. The minimum absolute atomic E-state index is 0.0526. The van der Waals surface area contributed by atoms with Crippen LogP contribution in [0.4, 0.5) is 8.78 Å². The van der Waals surface area contributed by atoms with Gasteiger partial charge in [-0.3, -0.25) is 4.21 Å². The SMILES string of the molecule is O=S(Cc1c(F)cccc1Cl)c1ccccc1F. The first-order chi connectivity index (χ1) is 8.59. The monoisotopic (exact) mass is 286 g/mol. The molecule has 2 aromatic carbocycles. The number of hydrogen-bond donors (Lipinski definition) is 0. The first-order valence-corrected chi connectivity index (χ1v) is 6.85. The zero-order valence-corrected chi connectivity index (χ0v) is 10.8. The van der Waals surface area contributed by atoms with Crippen molar-refractivity contribution in [2.75, 3.05) is 0 Å². The molecule has 0 aliphatic heterocycles. The lowest BCUT2D eigenvalue weighted by Crippen LogP contribution is -2.02. The number of rotatable bonds is 3. The zero-order chi connectivity index (χ0) is 13.1. The molecule has 0 amide bonds. The molecule has 94 valence electrons. The van der Waals surface area contributed by atoms with Crippen LogP contribution >= 0.6 is 11.6 Å². The Morgan fingerprint density at radius 3 is 2.33 bits per heavy atom. The van der Waals surface area contributed by atoms with Crippen molar-refractivity contribution >= 4 is 22.4 Å². The van der Waals surface area contributed by atoms with E-state index in [1.54, 1.807) is 6.07 Å². The molecule has 2 rings (SSSR count). The summed E-state index contributed by atoms with van der Waals surface area (Å²) in [5.41, 5.74) is 0.140. The Balaban J connectivity index is 2.30. The van der Waals surface area contributed by atoms with Crippen molar-refractivity contribution in [1.82, 2.24) is 0 Å². The van der Waals surface area contributed by atoms with E-state index < -0.39 is 22.4 Å². The van der Waals surface area contributed by atoms with E-state index in [4.69, 9.17) is 11.6 Å². The molecule has 1 atom stereocenters. The highest BCUT2D eigenvalue weighted by atomic mass is 35.5. The third-order valence-electron chi connectivity index (χ3n) is 2.42. The van der Waals surface area contributed by atoms with Crippen LogP contribution in [0.25, 0.3) is 0 Å². The summed E-state index contributed by atoms with van der Waals surface area (Å²) in [6, 6.07) is 9.94. The molecule has 0 aliphatic rings. The number of benzene rings is 2. The Morgan fingerprint density at radius 2 is 1.67 bits per heavy atom. The highest BCUT2D eigenvalue weighted by Gasteiger charge is 2.14. The molecule has 0 saturated heterocycles. The van der Waals surface area contributed by atoms with Gasteiger partial charge in [-0.2, -0.15) is 0 Å². The van der Waals surface area contributed by atoms with Gasteiger partial charge in [-0.05, 0) is 24.3 Å². The molecule has 0 aromatic heterocycles. The van der Waals surface area contributed by atoms with Crippen molar-refractivity contribution in [2.24, 2.45) is 0 Å². The van der Waals surface area contributed by atoms with Gasteiger partial charge in [0, 0.05) is 10.6 Å². The minimum Gasteiger partial charge on any atom is -0.254 e. The highest BCUT2D eigenvalue weighted by molar-refractivity contribution is 7.84. The number of halogens is 3. The van der Waals surface area contributed by atoms with Crippen LogP contribution in [0.15, 0.2) is 47.4 Å². The van der Waals surface area contributed by atoms with E-state index in [-0.39, 0.29) is 21.2 Å². The van der Waals surface area contributed by atoms with Gasteiger partial charge in [-0.25, -0.2) is 8.78 Å². The quantitative estimate of drug-likeness (QED) is 0.836. The topological polar surface area (TPSA) is 17.1 Å². The molecule has 2 aromatic rings. The van der Waals surface area contributed by atoms with Crippen molar-refractivity contribution in [1.29, 1.82) is 0 Å². The van der Waals surface area contributed by atoms with Crippen molar-refractivity contribution < 1.29 is 13.0 Å². The summed E-state index contributed by atoms with van der Waals surface area (Å²) in [7, 11) is -1.67. The van der Waals surface area contributed by atoms with Gasteiger partial charge in [0.2, 0.25) is 0 Å². The summed E-state index contributed by atoms with van der Waals surface area (Å²) in [5, 5.41) is 0.194. The lowest BCUT2D eigenvalue weighted by Gasteiger charge is -2.06. The van der Waals surface area contributed by atoms with Crippen LogP contribution in [0.2, 0.25) is 5.02 Å². The average Bonchev–Trinajstić information content (AvgIpc) is 2.34. The van der Waals surface area contributed by atoms with E-state index in [1.165, 1.54) is 36.4 Å². The molecular formula is C13H9ClF2OS. The van der Waals surface area contributed by atoms with Gasteiger partial charge < -0.3 is 0 Å². The van der Waals surface area contributed by atoms with Crippen molar-refractivity contribution in [2.45, 2.75) is 10.6 Å². The Bertz CT molecular complexity index is 581. The van der Waals surface area contributed by atoms with Crippen LogP contribution in [-0.4, -0.2) is 4.21 Å². The van der Waals surface area contributed by atoms with Crippen LogP contribution in [0.5, 0.6) is 0 Å². The summed E-state index contributed by atoms with van der Waals surface area (Å²) < 4.78 is 38.9. The molecule has 0 radical (unpaired) electrons. The van der Waals surface area contributed by atoms with Gasteiger partial charge in [0.25, 0.3) is 0 Å². The largest absolute Gasteiger partial charge is 0.254 e. The Kier molecular flexibility index (Phi) is 4.09. The third kappa shape index (κ3) is 2.76. The molecule has 0 bridgehead atoms. The highest BCUT2D eigenvalue weighted by Crippen LogP contribution is 2.23. The fraction of sp³-hybridized carbons (Fsp3) is 0.0769. The summed E-state index contributed by atoms with van der Waals surface area (Å²) in [5.74, 6) is -1.25. The standard InChI is InChI=1S/C13H9ClF2OS/c14-10-4-3-6-11(15)9(10)8-18(17)13-7-2-1-5-12(13)16/h1-7H,8H2. The van der Waals surface area contributed by atoms with Gasteiger partial charge in [0.1, 0.15) is 11.6 Å². The second kappa shape index (κ2) is 5.59.